The Bertz CT molecular complexity index is 2920. The fourth-order valence-corrected chi connectivity index (χ4v) is 14.5. The molecule has 4 saturated carbocycles. The first-order chi connectivity index (χ1) is 38.2. The molecule has 0 aromatic heterocycles. The normalized spacial score (nSPS) is 16.0. The van der Waals surface area contributed by atoms with Gasteiger partial charge in [-0.05, 0) is 75.0 Å². The second-order valence-electron chi connectivity index (χ2n) is 26.2. The van der Waals surface area contributed by atoms with Crippen LogP contribution in [0.5, 0.6) is 0 Å². The van der Waals surface area contributed by atoms with Crippen molar-refractivity contribution < 1.29 is 71.5 Å². The third kappa shape index (κ3) is 17.7. The molecule has 4 fully saturated rings. The van der Waals surface area contributed by atoms with E-state index in [0.717, 1.165) is 23.7 Å². The predicted molar refractivity (Wildman–Crippen MR) is 353 cm³/mol. The van der Waals surface area contributed by atoms with Crippen molar-refractivity contribution >= 4 is 54.0 Å². The van der Waals surface area contributed by atoms with Crippen molar-refractivity contribution in [3.63, 3.8) is 0 Å². The van der Waals surface area contributed by atoms with Crippen molar-refractivity contribution in [2.45, 2.75) is 261 Å². The number of aryl methyl sites for hydroxylation is 12. The molecule has 0 unspecified atom stereocenters. The Kier molecular flexibility index (Phi) is 28.9. The fraction of sp³-hybridized carbons (Fsp3) is 0.526. The largest absolute Gasteiger partial charge is 1.00 e. The second-order valence-corrected chi connectivity index (χ2v) is 44.9. The van der Waals surface area contributed by atoms with E-state index in [1.165, 1.54) is 217 Å². The second kappa shape index (κ2) is 33.4. The molecular weight excluding hydrogens is 1220 g/mol. The predicted octanol–water partition coefficient (Wildman–Crippen LogP) is 17.7. The van der Waals surface area contributed by atoms with Crippen LogP contribution in [0.4, 0.5) is 0 Å². The van der Waals surface area contributed by atoms with Crippen molar-refractivity contribution in [3.8, 4) is 0 Å². The van der Waals surface area contributed by atoms with E-state index in [1.807, 2.05) is 0 Å². The SMILES string of the molecule is C[Si](C)=[Zr+2].C[Si](C)=[Zr+2].Cc1[cH-]c2c(C)ccc(C3CCCCC3)c2c1C.Cc1[cH-]c2c(C)ccc(C3CCCCC3)c2c1C.Cc1[cH-]c2c(C)ccc(C3CCCCC3)c2c1C.Cc1[cH-]c2c(C)ccc(C3CCCCC3)c2c1C.[Cl-].[Cl-]. The van der Waals surface area contributed by atoms with Crippen LogP contribution in [-0.2, 0) is 46.7 Å². The summed E-state index contributed by atoms with van der Waals surface area (Å²) in [5.74, 6) is 3.23. The third-order valence-corrected chi connectivity index (χ3v) is 19.5. The zero-order valence-electron chi connectivity index (χ0n) is 54.1. The van der Waals surface area contributed by atoms with Crippen molar-refractivity contribution in [1.82, 2.24) is 0 Å². The van der Waals surface area contributed by atoms with Gasteiger partial charge in [-0.25, -0.2) is 0 Å². The van der Waals surface area contributed by atoms with Crippen LogP contribution < -0.4 is 24.8 Å². The van der Waals surface area contributed by atoms with Gasteiger partial charge in [0.05, 0.1) is 0 Å². The van der Waals surface area contributed by atoms with Gasteiger partial charge in [0.25, 0.3) is 0 Å². The van der Waals surface area contributed by atoms with Crippen LogP contribution in [-0.4, -0.2) is 10.9 Å². The standard InChI is InChI=1S/4C18H23.2C2H6Si.2ClH.2Zr/c4*1-12-9-10-16(15-7-5-4-6-8-15)18-14(3)13(2)11-17(12)18;2*1-3-2;;;;/h4*9-11,15H,4-8H2,1-3H3;2*1-2H3;2*1H;;/q4*-1;;;;;2*+2/p-2. The molecule has 0 amide bonds. The van der Waals surface area contributed by atoms with Crippen molar-refractivity contribution in [1.29, 1.82) is 0 Å². The van der Waals surface area contributed by atoms with E-state index in [2.05, 4.69) is 182 Å². The average molecular weight is 1330 g/mol. The van der Waals surface area contributed by atoms with Gasteiger partial charge in [-0.2, -0.15) is 22.3 Å². The van der Waals surface area contributed by atoms with E-state index in [1.54, 1.807) is 90.5 Å². The molecule has 4 aliphatic carbocycles. The van der Waals surface area contributed by atoms with Gasteiger partial charge in [0, 0.05) is 0 Å². The zero-order chi connectivity index (χ0) is 57.9. The smallest absolute Gasteiger partial charge is 0.0251 e. The van der Waals surface area contributed by atoms with E-state index >= 15 is 0 Å². The van der Waals surface area contributed by atoms with E-state index in [0.29, 0.717) is 0 Å². The summed E-state index contributed by atoms with van der Waals surface area (Å²) in [7, 11) is 0. The summed E-state index contributed by atoms with van der Waals surface area (Å²) in [5, 5.41) is 12.2. The maximum atomic E-state index is 2.40. The summed E-state index contributed by atoms with van der Waals surface area (Å²) in [6.45, 7) is 36.4. The molecule has 0 heterocycles. The third-order valence-electron chi connectivity index (χ3n) is 19.5. The molecule has 8 aromatic rings. The van der Waals surface area contributed by atoms with Crippen LogP contribution in [0, 0.1) is 83.1 Å². The minimum atomic E-state index is 0. The van der Waals surface area contributed by atoms with E-state index in [9.17, 15) is 0 Å². The molecular formula is C76H104Cl2Si2Zr2-2. The minimum absolute atomic E-state index is 0. The monoisotopic (exact) mass is 1320 g/mol. The summed E-state index contributed by atoms with van der Waals surface area (Å²) >= 11 is 3.48. The van der Waals surface area contributed by atoms with Gasteiger partial charge >= 0.3 is 83.7 Å². The Morgan fingerprint density at radius 2 is 0.451 bits per heavy atom. The van der Waals surface area contributed by atoms with Crippen LogP contribution in [0.3, 0.4) is 0 Å². The Morgan fingerprint density at radius 1 is 0.293 bits per heavy atom. The molecule has 8 aromatic carbocycles. The van der Waals surface area contributed by atoms with Gasteiger partial charge in [-0.1, -0.05) is 207 Å². The first-order valence-corrected chi connectivity index (χ1v) is 44.2. The van der Waals surface area contributed by atoms with Crippen LogP contribution in [0.1, 0.15) is 241 Å². The summed E-state index contributed by atoms with van der Waals surface area (Å²) in [6.07, 6.45) is 28.2. The minimum Gasteiger partial charge on any atom is -1.00 e. The topological polar surface area (TPSA) is 0 Å². The van der Waals surface area contributed by atoms with Crippen molar-refractivity contribution in [2.75, 3.05) is 0 Å². The van der Waals surface area contributed by atoms with Crippen LogP contribution in [0.2, 0.25) is 26.2 Å². The first kappa shape index (κ1) is 70.9. The Hall–Kier alpha value is -1.90. The molecule has 0 saturated heterocycles. The molecule has 12 rings (SSSR count). The van der Waals surface area contributed by atoms with Crippen molar-refractivity contribution in [2.24, 2.45) is 0 Å². The van der Waals surface area contributed by atoms with Crippen LogP contribution in [0.25, 0.3) is 43.1 Å². The summed E-state index contributed by atoms with van der Waals surface area (Å²) in [4.78, 5) is 0. The van der Waals surface area contributed by atoms with Crippen LogP contribution >= 0.6 is 0 Å². The van der Waals surface area contributed by atoms with Gasteiger partial charge in [-0.3, -0.25) is 0 Å². The number of benzene rings is 4. The molecule has 0 nitrogen and oxygen atoms in total. The number of hydrogen-bond donors (Lipinski definition) is 0. The molecule has 6 heteroatoms. The van der Waals surface area contributed by atoms with Gasteiger partial charge in [0.2, 0.25) is 0 Å². The zero-order valence-corrected chi connectivity index (χ0v) is 62.6. The maximum absolute atomic E-state index is 2.40. The number of fused-ring (bicyclic) bond motifs is 4. The maximum Gasteiger partial charge on any atom is -0.0251 e. The molecule has 440 valence electrons. The molecule has 0 spiro atoms. The molecule has 0 atom stereocenters. The van der Waals surface area contributed by atoms with Gasteiger partial charge in [0.1, 0.15) is 0 Å². The van der Waals surface area contributed by atoms with E-state index < -0.39 is 0 Å². The van der Waals surface area contributed by atoms with Gasteiger partial charge in [-0.15, -0.1) is 136 Å². The number of rotatable bonds is 4. The average Bonchev–Trinajstić information content (AvgIpc) is 4.37. The van der Waals surface area contributed by atoms with E-state index in [-0.39, 0.29) is 35.7 Å². The molecule has 82 heavy (non-hydrogen) atoms. The molecule has 0 N–H and O–H groups in total. The Morgan fingerprint density at radius 3 is 0.610 bits per heavy atom. The molecule has 0 radical (unpaired) electrons. The summed E-state index contributed by atoms with van der Waals surface area (Å²) in [6, 6.07) is 28.4. The Labute approximate surface area is 543 Å². The number of hydrogen-bond acceptors (Lipinski definition) is 0. The van der Waals surface area contributed by atoms with E-state index in [4.69, 9.17) is 0 Å². The number of halogens is 2. The molecule has 0 bridgehead atoms. The molecule has 4 aliphatic rings. The molecule has 0 aliphatic heterocycles. The summed E-state index contributed by atoms with van der Waals surface area (Å²) in [5.41, 5.74) is 24.5. The fourth-order valence-electron chi connectivity index (χ4n) is 14.5. The van der Waals surface area contributed by atoms with Crippen LogP contribution in [0.15, 0.2) is 72.8 Å². The summed E-state index contributed by atoms with van der Waals surface area (Å²) < 4.78 is 0. The first-order valence-electron chi connectivity index (χ1n) is 31.9. The quantitative estimate of drug-likeness (QED) is 0.122. The van der Waals surface area contributed by atoms with Crippen molar-refractivity contribution in [3.05, 3.63) is 162 Å². The van der Waals surface area contributed by atoms with Gasteiger partial charge in [0.15, 0.2) is 0 Å². The Balaban J connectivity index is 0.000000190. The van der Waals surface area contributed by atoms with Gasteiger partial charge < -0.3 is 24.8 Å².